The van der Waals surface area contributed by atoms with Gasteiger partial charge in [0.05, 0.1) is 25.0 Å². The summed E-state index contributed by atoms with van der Waals surface area (Å²) >= 11 is 7.56. The van der Waals surface area contributed by atoms with E-state index in [9.17, 15) is 20.1 Å². The fraction of sp³-hybridized carbons (Fsp3) is 0.944. The largest absolute Gasteiger partial charge is 0.388 e. The van der Waals surface area contributed by atoms with Crippen molar-refractivity contribution in [3.63, 3.8) is 0 Å². The van der Waals surface area contributed by atoms with Gasteiger partial charge in [-0.3, -0.25) is 4.79 Å². The van der Waals surface area contributed by atoms with Crippen LogP contribution in [0.3, 0.4) is 0 Å². The van der Waals surface area contributed by atoms with Crippen LogP contribution in [0.1, 0.15) is 33.1 Å². The van der Waals surface area contributed by atoms with Crippen molar-refractivity contribution in [3.8, 4) is 0 Å². The number of carbonyl (C=O) groups is 1. The van der Waals surface area contributed by atoms with Crippen LogP contribution in [-0.4, -0.2) is 88.4 Å². The van der Waals surface area contributed by atoms with Gasteiger partial charge in [0, 0.05) is 12.3 Å². The number of likely N-dealkylation sites (tertiary alicyclic amines) is 1. The molecule has 2 aliphatic rings. The number of ether oxygens (including phenoxy) is 1. The van der Waals surface area contributed by atoms with E-state index in [0.717, 1.165) is 25.8 Å². The fourth-order valence-electron chi connectivity index (χ4n) is 4.26. The van der Waals surface area contributed by atoms with Gasteiger partial charge < -0.3 is 30.3 Å². The highest BCUT2D eigenvalue weighted by molar-refractivity contribution is 7.99. The molecule has 0 aromatic carbocycles. The zero-order valence-electron chi connectivity index (χ0n) is 16.5. The van der Waals surface area contributed by atoms with E-state index >= 15 is 0 Å². The molecular formula is C18H34ClN2O5S+. The molecule has 7 nitrogen and oxygen atoms in total. The lowest BCUT2D eigenvalue weighted by molar-refractivity contribution is -0.884. The molecule has 2 aliphatic heterocycles. The Bertz CT molecular complexity index is 498. The molecule has 0 bridgehead atoms. The maximum absolute atomic E-state index is 12.9. The van der Waals surface area contributed by atoms with Gasteiger partial charge in [0.2, 0.25) is 0 Å². The zero-order valence-corrected chi connectivity index (χ0v) is 18.0. The van der Waals surface area contributed by atoms with Crippen LogP contribution in [0, 0.1) is 5.92 Å². The number of likely N-dealkylation sites (N-methyl/N-ethyl adjacent to an activating group) is 1. The Morgan fingerprint density at radius 3 is 2.56 bits per heavy atom. The average Bonchev–Trinajstić information content (AvgIpc) is 2.99. The van der Waals surface area contributed by atoms with E-state index in [2.05, 4.69) is 12.2 Å². The number of halogens is 1. The van der Waals surface area contributed by atoms with Crippen LogP contribution in [0.2, 0.25) is 0 Å². The summed E-state index contributed by atoms with van der Waals surface area (Å²) in [6.07, 6.45) is 0.00196. The molecule has 5 N–H and O–H groups in total. The Hall–Kier alpha value is -0.0900. The van der Waals surface area contributed by atoms with Gasteiger partial charge >= 0.3 is 0 Å². The Morgan fingerprint density at radius 2 is 2.00 bits per heavy atom. The second-order valence-electron chi connectivity index (χ2n) is 7.88. The molecule has 2 rings (SSSR count). The van der Waals surface area contributed by atoms with Crippen molar-refractivity contribution in [1.82, 2.24) is 5.32 Å². The number of alkyl halides is 1. The van der Waals surface area contributed by atoms with Crippen molar-refractivity contribution in [1.29, 1.82) is 0 Å². The van der Waals surface area contributed by atoms with E-state index < -0.39 is 41.3 Å². The third kappa shape index (κ3) is 5.29. The number of nitrogens with one attached hydrogen (secondary N) is 2. The molecule has 0 spiro atoms. The highest BCUT2D eigenvalue weighted by Crippen LogP contribution is 2.30. The molecule has 2 heterocycles. The predicted octanol–water partition coefficient (Wildman–Crippen LogP) is -1.03. The van der Waals surface area contributed by atoms with Crippen LogP contribution in [0.5, 0.6) is 0 Å². The summed E-state index contributed by atoms with van der Waals surface area (Å²) in [5.74, 6) is 0.424. The summed E-state index contributed by atoms with van der Waals surface area (Å²) in [5, 5.41) is 33.1. The first-order valence-electron chi connectivity index (χ1n) is 9.70. The van der Waals surface area contributed by atoms with Crippen LogP contribution in [0.25, 0.3) is 0 Å². The van der Waals surface area contributed by atoms with Crippen LogP contribution < -0.4 is 10.2 Å². The first-order chi connectivity index (χ1) is 12.7. The van der Waals surface area contributed by atoms with E-state index in [1.165, 1.54) is 16.7 Å². The summed E-state index contributed by atoms with van der Waals surface area (Å²) in [7, 11) is 2.02. The molecular weight excluding hydrogens is 392 g/mol. The molecule has 1 unspecified atom stereocenters. The van der Waals surface area contributed by atoms with Crippen molar-refractivity contribution in [3.05, 3.63) is 0 Å². The number of aliphatic hydroxyl groups is 3. The van der Waals surface area contributed by atoms with Gasteiger partial charge in [0.1, 0.15) is 29.9 Å². The molecule has 0 aromatic rings. The monoisotopic (exact) mass is 425 g/mol. The van der Waals surface area contributed by atoms with Gasteiger partial charge in [0.15, 0.2) is 6.04 Å². The number of thioether (sulfide) groups is 1. The molecule has 158 valence electrons. The molecule has 10 atom stereocenters. The average molecular weight is 426 g/mol. The van der Waals surface area contributed by atoms with Crippen LogP contribution >= 0.6 is 23.4 Å². The molecule has 0 aliphatic carbocycles. The summed E-state index contributed by atoms with van der Waals surface area (Å²) in [4.78, 5) is 14.1. The number of quaternary nitrogens is 1. The lowest BCUT2D eigenvalue weighted by Gasteiger charge is -2.44. The van der Waals surface area contributed by atoms with E-state index in [-0.39, 0.29) is 11.9 Å². The summed E-state index contributed by atoms with van der Waals surface area (Å²) in [5.41, 5.74) is -0.697. The fourth-order valence-corrected chi connectivity index (χ4v) is 5.15. The summed E-state index contributed by atoms with van der Waals surface area (Å²) < 4.78 is 5.80. The van der Waals surface area contributed by atoms with E-state index in [0.29, 0.717) is 5.92 Å². The number of carbonyl (C=O) groups excluding carboxylic acids is 1. The molecule has 0 saturated carbocycles. The first kappa shape index (κ1) is 23.2. The van der Waals surface area contributed by atoms with E-state index in [4.69, 9.17) is 16.3 Å². The topological polar surface area (TPSA) is 103 Å². The van der Waals surface area contributed by atoms with Gasteiger partial charge in [-0.2, -0.15) is 0 Å². The Balaban J connectivity index is 2.09. The first-order valence-corrected chi connectivity index (χ1v) is 11.4. The van der Waals surface area contributed by atoms with Gasteiger partial charge in [-0.15, -0.1) is 23.4 Å². The van der Waals surface area contributed by atoms with Gasteiger partial charge in [0.25, 0.3) is 5.91 Å². The molecule has 2 fully saturated rings. The number of aliphatic hydroxyl groups excluding tert-OH is 3. The van der Waals surface area contributed by atoms with Crippen molar-refractivity contribution in [2.45, 2.75) is 80.4 Å². The number of hydrogen-bond acceptors (Lipinski definition) is 6. The second-order valence-corrected chi connectivity index (χ2v) is 9.51. The van der Waals surface area contributed by atoms with Crippen LogP contribution in [-0.2, 0) is 9.53 Å². The summed E-state index contributed by atoms with van der Waals surface area (Å²) in [6, 6.07) is -0.837. The van der Waals surface area contributed by atoms with Crippen molar-refractivity contribution >= 4 is 29.3 Å². The predicted molar refractivity (Wildman–Crippen MR) is 106 cm³/mol. The number of hydrogen-bond donors (Lipinski definition) is 5. The van der Waals surface area contributed by atoms with Crippen molar-refractivity contribution in [2.75, 3.05) is 19.8 Å². The quantitative estimate of drug-likeness (QED) is 0.334. The van der Waals surface area contributed by atoms with E-state index in [1.54, 1.807) is 13.2 Å². The van der Waals surface area contributed by atoms with Crippen molar-refractivity contribution < 1.29 is 29.8 Å². The van der Waals surface area contributed by atoms with Crippen LogP contribution in [0.4, 0.5) is 0 Å². The zero-order chi connectivity index (χ0) is 20.3. The molecule has 2 saturated heterocycles. The lowest BCUT2D eigenvalue weighted by atomic mass is 9.92. The molecule has 27 heavy (non-hydrogen) atoms. The van der Waals surface area contributed by atoms with Gasteiger partial charge in [-0.1, -0.05) is 13.3 Å². The minimum atomic E-state index is -1.36. The van der Waals surface area contributed by atoms with Crippen LogP contribution in [0.15, 0.2) is 0 Å². The second kappa shape index (κ2) is 10.1. The third-order valence-corrected chi connectivity index (χ3v) is 6.91. The van der Waals surface area contributed by atoms with Gasteiger partial charge in [-0.05, 0) is 19.6 Å². The molecule has 9 heteroatoms. The normalized spacial score (nSPS) is 41.9. The Labute approximate surface area is 170 Å². The minimum absolute atomic E-state index is 0.110. The van der Waals surface area contributed by atoms with Crippen molar-refractivity contribution in [2.24, 2.45) is 5.92 Å². The maximum atomic E-state index is 12.9. The maximum Gasteiger partial charge on any atom is 0.278 e. The highest BCUT2D eigenvalue weighted by Gasteiger charge is 2.49. The number of rotatable bonds is 7. The van der Waals surface area contributed by atoms with E-state index in [1.807, 2.05) is 7.05 Å². The third-order valence-electron chi connectivity index (χ3n) is 5.78. The molecule has 1 amide bonds. The Kier molecular flexibility index (Phi) is 8.67. The summed E-state index contributed by atoms with van der Waals surface area (Å²) in [6.45, 7) is 4.84. The molecule has 0 aromatic heterocycles. The Morgan fingerprint density at radius 1 is 1.33 bits per heavy atom. The standard InChI is InChI=1S/C18H33ClN2O5S/c1-5-6-10-7-11(21(3)8-10)17(25)20-12(9(2)19)16-14(23)13(22)15(24)18(26-16)27-4/h9-16,18,22-24H,5-8H2,1-4H3,(H,20,25)/p+1/t9-,10+,11-,12-,13+,14-,15-,16-,18-/m1/s1. The van der Waals surface area contributed by atoms with Gasteiger partial charge in [-0.25, -0.2) is 0 Å². The lowest BCUT2D eigenvalue weighted by Crippen LogP contribution is -3.12. The minimum Gasteiger partial charge on any atom is -0.388 e. The number of amides is 1. The SMILES string of the molecule is CCC[C@H]1C[C@H](C(=O)N[C@@H]([C@H]2O[C@H](SC)[C@H](O)[C@@H](O)[C@H]2O)[C@@H](C)Cl)[NH+](C)C1. The smallest absolute Gasteiger partial charge is 0.278 e. The highest BCUT2D eigenvalue weighted by atomic mass is 35.5. The molecule has 0 radical (unpaired) electrons.